The van der Waals surface area contributed by atoms with Crippen LogP contribution in [0.1, 0.15) is 131 Å². The number of anilines is 2. The molecule has 4 fully saturated rings. The first-order valence-corrected chi connectivity index (χ1v) is 24.2. The molecule has 2 unspecified atom stereocenters. The molecule has 340 valence electrons. The number of ether oxygens (including phenoxy) is 3. The van der Waals surface area contributed by atoms with E-state index in [-0.39, 0.29) is 33.4 Å². The minimum absolute atomic E-state index is 0.0279. The molecule has 64 heavy (non-hydrogen) atoms. The standard InChI is InChI=1S/C49H61N7O6S2/c1-30-32(20-51-56(30)29-48-24-46(8)23-47(9,25-48)27-49(26-46,28-48)60-19-17-50-43(59)62-45(5,6)7)31-14-15-38(53-39(31)41(58)61-44(2,3)4)55-18-16-36-33(21-55)34(22-63-36)40(57)54-42-52-35-12-10-11-13-37(35)64-42/h10-15,20,22H,16-19,21,23-29H2,1-9H3,(H,50,59)(H,52,54,57). The molecule has 4 bridgehead atoms. The van der Waals surface area contributed by atoms with E-state index in [1.165, 1.54) is 22.6 Å². The van der Waals surface area contributed by atoms with E-state index < -0.39 is 23.3 Å². The molecule has 2 amide bonds. The van der Waals surface area contributed by atoms with Crippen molar-refractivity contribution in [1.82, 2.24) is 25.1 Å². The third-order valence-electron chi connectivity index (χ3n) is 13.2. The van der Waals surface area contributed by atoms with Crippen LogP contribution in [0.4, 0.5) is 15.7 Å². The van der Waals surface area contributed by atoms with Crippen LogP contribution in [0.25, 0.3) is 21.3 Å². The number of hydrogen-bond donors (Lipinski definition) is 2. The van der Waals surface area contributed by atoms with Gasteiger partial charge in [0.25, 0.3) is 5.91 Å². The lowest BCUT2D eigenvalue weighted by atomic mass is 9.39. The first kappa shape index (κ1) is 44.3. The molecule has 0 saturated heterocycles. The third kappa shape index (κ3) is 9.04. The van der Waals surface area contributed by atoms with Gasteiger partial charge in [-0.15, -0.1) is 11.3 Å². The highest BCUT2D eigenvalue weighted by Gasteiger charge is 2.66. The van der Waals surface area contributed by atoms with Gasteiger partial charge in [-0.3, -0.25) is 14.8 Å². The summed E-state index contributed by atoms with van der Waals surface area (Å²) < 4.78 is 21.4. The first-order chi connectivity index (χ1) is 30.1. The quantitative estimate of drug-likeness (QED) is 0.0969. The minimum atomic E-state index is -0.734. The van der Waals surface area contributed by atoms with Crippen molar-refractivity contribution in [3.05, 3.63) is 75.4 Å². The van der Waals surface area contributed by atoms with Crippen molar-refractivity contribution in [2.75, 3.05) is 29.9 Å². The van der Waals surface area contributed by atoms with Gasteiger partial charge >= 0.3 is 12.1 Å². The van der Waals surface area contributed by atoms with Crippen LogP contribution in [-0.4, -0.2) is 74.2 Å². The average Bonchev–Trinajstić information content (AvgIpc) is 3.89. The van der Waals surface area contributed by atoms with Gasteiger partial charge in [0.2, 0.25) is 0 Å². The fourth-order valence-corrected chi connectivity index (χ4v) is 14.1. The van der Waals surface area contributed by atoms with Gasteiger partial charge in [0.05, 0.1) is 34.2 Å². The lowest BCUT2D eigenvalue weighted by Crippen LogP contribution is -2.64. The number of rotatable bonds is 11. The number of nitrogens with zero attached hydrogens (tertiary/aromatic N) is 5. The van der Waals surface area contributed by atoms with E-state index in [1.54, 1.807) is 11.3 Å². The van der Waals surface area contributed by atoms with Gasteiger partial charge in [-0.25, -0.2) is 19.6 Å². The zero-order chi connectivity index (χ0) is 45.5. The highest BCUT2D eigenvalue weighted by Crippen LogP contribution is 2.72. The summed E-state index contributed by atoms with van der Waals surface area (Å²) >= 11 is 3.06. The first-order valence-electron chi connectivity index (χ1n) is 22.5. The Balaban J connectivity index is 0.953. The summed E-state index contributed by atoms with van der Waals surface area (Å²) in [6.07, 6.45) is 8.50. The largest absolute Gasteiger partial charge is 0.455 e. The van der Waals surface area contributed by atoms with E-state index in [0.717, 1.165) is 72.1 Å². The Morgan fingerprint density at radius 1 is 0.875 bits per heavy atom. The zero-order valence-electron chi connectivity index (χ0n) is 38.6. The van der Waals surface area contributed by atoms with Crippen molar-refractivity contribution in [3.63, 3.8) is 0 Å². The van der Waals surface area contributed by atoms with Crippen LogP contribution in [0.5, 0.6) is 0 Å². The monoisotopic (exact) mass is 907 g/mol. The molecule has 2 atom stereocenters. The van der Waals surface area contributed by atoms with Crippen molar-refractivity contribution in [2.24, 2.45) is 16.2 Å². The molecule has 5 heterocycles. The number of nitrogens with one attached hydrogen (secondary N) is 2. The molecule has 5 aliphatic rings. The Labute approximate surface area is 383 Å². The van der Waals surface area contributed by atoms with Gasteiger partial charge in [0, 0.05) is 53.3 Å². The number of thiazole rings is 1. The van der Waals surface area contributed by atoms with Crippen molar-refractivity contribution in [3.8, 4) is 11.1 Å². The minimum Gasteiger partial charge on any atom is -0.455 e. The molecule has 4 aliphatic carbocycles. The molecule has 5 aromatic rings. The van der Waals surface area contributed by atoms with Crippen molar-refractivity contribution in [1.29, 1.82) is 0 Å². The van der Waals surface area contributed by atoms with Gasteiger partial charge in [0.15, 0.2) is 10.8 Å². The molecule has 0 spiro atoms. The highest BCUT2D eigenvalue weighted by atomic mass is 32.1. The summed E-state index contributed by atoms with van der Waals surface area (Å²) in [4.78, 5) is 53.2. The molecule has 0 radical (unpaired) electrons. The molecule has 15 heteroatoms. The van der Waals surface area contributed by atoms with Crippen molar-refractivity contribution < 1.29 is 28.6 Å². The fraction of sp³-hybridized carbons (Fsp3) is 0.551. The zero-order valence-corrected chi connectivity index (χ0v) is 40.2. The van der Waals surface area contributed by atoms with Crippen LogP contribution in [0.3, 0.4) is 0 Å². The summed E-state index contributed by atoms with van der Waals surface area (Å²) in [5.74, 6) is -0.0378. The number of benzene rings is 1. The number of para-hydroxylation sites is 1. The lowest BCUT2D eigenvalue weighted by molar-refractivity contribution is -0.247. The van der Waals surface area contributed by atoms with Crippen molar-refractivity contribution >= 4 is 61.8 Å². The highest BCUT2D eigenvalue weighted by molar-refractivity contribution is 7.22. The average molecular weight is 908 g/mol. The predicted octanol–water partition coefficient (Wildman–Crippen LogP) is 10.4. The number of fused-ring (bicyclic) bond motifs is 2. The lowest BCUT2D eigenvalue weighted by Gasteiger charge is -2.69. The Morgan fingerprint density at radius 3 is 2.33 bits per heavy atom. The summed E-state index contributed by atoms with van der Waals surface area (Å²) in [6, 6.07) is 11.8. The van der Waals surface area contributed by atoms with Crippen LogP contribution in [0.15, 0.2) is 48.0 Å². The molecular formula is C49H61N7O6S2. The number of hydrogen-bond acceptors (Lipinski definition) is 12. The van der Waals surface area contributed by atoms with Crippen molar-refractivity contribution in [2.45, 2.75) is 137 Å². The SMILES string of the molecule is Cc1c(-c2ccc(N3CCc4scc(C(=O)Nc5nc6ccccc6s5)c4C3)nc2C(=O)OC(C)(C)C)cnn1CC12CC3(C)CC(C)(C1)CC(OCCNC(=O)OC(C)(C)C)(C3)C2. The summed E-state index contributed by atoms with van der Waals surface area (Å²) in [7, 11) is 0. The topological polar surface area (TPSA) is 150 Å². The molecule has 2 N–H and O–H groups in total. The maximum Gasteiger partial charge on any atom is 0.407 e. The van der Waals surface area contributed by atoms with Gasteiger partial charge in [-0.2, -0.15) is 5.10 Å². The maximum atomic E-state index is 14.1. The van der Waals surface area contributed by atoms with E-state index >= 15 is 0 Å². The molecule has 1 aliphatic heterocycles. The second-order valence-electron chi connectivity index (χ2n) is 21.7. The number of esters is 1. The number of carbonyl (C=O) groups is 3. The van der Waals surface area contributed by atoms with Gasteiger partial charge in [0.1, 0.15) is 17.0 Å². The smallest absolute Gasteiger partial charge is 0.407 e. The summed E-state index contributed by atoms with van der Waals surface area (Å²) in [5, 5.41) is 13.4. The maximum absolute atomic E-state index is 14.1. The molecule has 1 aromatic carbocycles. The number of aromatic nitrogens is 4. The summed E-state index contributed by atoms with van der Waals surface area (Å²) in [6.45, 7) is 20.8. The number of pyridine rings is 1. The molecular weight excluding hydrogens is 847 g/mol. The van der Waals surface area contributed by atoms with E-state index in [1.807, 2.05) is 89.5 Å². The third-order valence-corrected chi connectivity index (χ3v) is 15.2. The van der Waals surface area contributed by atoms with E-state index in [0.29, 0.717) is 48.3 Å². The second-order valence-corrected chi connectivity index (χ2v) is 23.7. The van der Waals surface area contributed by atoms with Gasteiger partial charge in [-0.05, 0) is 139 Å². The second kappa shape index (κ2) is 15.9. The van der Waals surface area contributed by atoms with Crippen LogP contribution >= 0.6 is 22.7 Å². The number of alkyl carbamates (subject to hydrolysis) is 1. The van der Waals surface area contributed by atoms with E-state index in [2.05, 4.69) is 46.0 Å². The van der Waals surface area contributed by atoms with Crippen LogP contribution in [0.2, 0.25) is 0 Å². The van der Waals surface area contributed by atoms with Gasteiger partial charge in [-0.1, -0.05) is 37.3 Å². The summed E-state index contributed by atoms with van der Waals surface area (Å²) in [5.41, 5.74) is 3.84. The Morgan fingerprint density at radius 2 is 1.61 bits per heavy atom. The number of amides is 2. The van der Waals surface area contributed by atoms with Gasteiger partial charge < -0.3 is 24.4 Å². The normalized spacial score (nSPS) is 25.0. The predicted molar refractivity (Wildman–Crippen MR) is 251 cm³/mol. The number of carbonyl (C=O) groups excluding carboxylic acids is 3. The molecule has 10 rings (SSSR count). The fourth-order valence-electron chi connectivity index (χ4n) is 12.2. The van der Waals surface area contributed by atoms with Crippen LogP contribution in [-0.2, 0) is 33.7 Å². The molecule has 4 saturated carbocycles. The Hall–Kier alpha value is -4.86. The molecule has 13 nitrogen and oxygen atoms in total. The Bertz CT molecular complexity index is 2580. The van der Waals surface area contributed by atoms with E-state index in [4.69, 9.17) is 24.3 Å². The Kier molecular flexibility index (Phi) is 11.0. The molecule has 4 aromatic heterocycles. The van der Waals surface area contributed by atoms with E-state index in [9.17, 15) is 14.4 Å². The van der Waals surface area contributed by atoms with Crippen LogP contribution in [0, 0.1) is 23.2 Å². The number of thiophene rings is 1. The van der Waals surface area contributed by atoms with Crippen LogP contribution < -0.4 is 15.5 Å².